The molecule has 1 aromatic carbocycles. The highest BCUT2D eigenvalue weighted by Gasteiger charge is 2.20. The Balaban J connectivity index is 2.03. The number of aromatic nitrogens is 2. The summed E-state index contributed by atoms with van der Waals surface area (Å²) < 4.78 is 18.4. The SMILES string of the molecule is CSc1nc(C#Cc2ccc(F)cc2)c(C=O)c(N2CCOCC2)n1. The van der Waals surface area contributed by atoms with Crippen LogP contribution >= 0.6 is 11.8 Å². The van der Waals surface area contributed by atoms with Gasteiger partial charge in [0.05, 0.1) is 18.8 Å². The molecule has 0 atom stereocenters. The molecule has 2 heterocycles. The third-order valence-electron chi connectivity index (χ3n) is 3.69. The first-order valence-electron chi connectivity index (χ1n) is 7.72. The highest BCUT2D eigenvalue weighted by atomic mass is 32.2. The van der Waals surface area contributed by atoms with Gasteiger partial charge in [-0.1, -0.05) is 17.7 Å². The zero-order valence-corrected chi connectivity index (χ0v) is 14.5. The summed E-state index contributed by atoms with van der Waals surface area (Å²) >= 11 is 1.39. The van der Waals surface area contributed by atoms with E-state index in [1.165, 1.54) is 23.9 Å². The van der Waals surface area contributed by atoms with Crippen LogP contribution in [0.25, 0.3) is 0 Å². The van der Waals surface area contributed by atoms with Gasteiger partial charge in [-0.15, -0.1) is 0 Å². The summed E-state index contributed by atoms with van der Waals surface area (Å²) in [4.78, 5) is 22.5. The zero-order chi connectivity index (χ0) is 17.6. The molecule has 0 unspecified atom stereocenters. The summed E-state index contributed by atoms with van der Waals surface area (Å²) in [6.07, 6.45) is 2.61. The van der Waals surface area contributed by atoms with Gasteiger partial charge in [0.1, 0.15) is 17.3 Å². The van der Waals surface area contributed by atoms with E-state index < -0.39 is 0 Å². The molecule has 0 aliphatic carbocycles. The van der Waals surface area contributed by atoms with Crippen LogP contribution in [0.3, 0.4) is 0 Å². The highest BCUT2D eigenvalue weighted by Crippen LogP contribution is 2.23. The molecule has 0 spiro atoms. The van der Waals surface area contributed by atoms with Crippen LogP contribution in [-0.2, 0) is 4.74 Å². The predicted molar refractivity (Wildman–Crippen MR) is 94.6 cm³/mol. The molecule has 0 radical (unpaired) electrons. The highest BCUT2D eigenvalue weighted by molar-refractivity contribution is 7.98. The van der Waals surface area contributed by atoms with Gasteiger partial charge >= 0.3 is 0 Å². The number of rotatable bonds is 3. The summed E-state index contributed by atoms with van der Waals surface area (Å²) in [5, 5.41) is 0.551. The first-order valence-corrected chi connectivity index (χ1v) is 8.95. The van der Waals surface area contributed by atoms with Gasteiger partial charge in [-0.25, -0.2) is 14.4 Å². The lowest BCUT2D eigenvalue weighted by atomic mass is 10.1. The van der Waals surface area contributed by atoms with Crippen LogP contribution in [0, 0.1) is 17.7 Å². The molecular weight excluding hydrogens is 341 g/mol. The Morgan fingerprint density at radius 1 is 1.20 bits per heavy atom. The Bertz CT molecular complexity index is 825. The second kappa shape index (κ2) is 8.10. The minimum atomic E-state index is -0.319. The van der Waals surface area contributed by atoms with Gasteiger partial charge in [-0.3, -0.25) is 4.79 Å². The second-order valence-electron chi connectivity index (χ2n) is 5.27. The summed E-state index contributed by atoms with van der Waals surface area (Å²) in [7, 11) is 0. The van der Waals surface area contributed by atoms with Crippen LogP contribution in [0.2, 0.25) is 0 Å². The van der Waals surface area contributed by atoms with E-state index >= 15 is 0 Å². The molecule has 1 aliphatic heterocycles. The standard InChI is InChI=1S/C18H16FN3O2S/c1-25-18-20-16(7-4-13-2-5-14(19)6-3-13)15(12-23)17(21-18)22-8-10-24-11-9-22/h2-3,5-6,12H,8-11H2,1H3. The van der Waals surface area contributed by atoms with E-state index in [0.717, 1.165) is 6.29 Å². The molecule has 25 heavy (non-hydrogen) atoms. The van der Waals surface area contributed by atoms with Crippen molar-refractivity contribution in [3.8, 4) is 11.8 Å². The lowest BCUT2D eigenvalue weighted by Gasteiger charge is -2.29. The summed E-state index contributed by atoms with van der Waals surface area (Å²) in [6.45, 7) is 2.51. The molecule has 0 amide bonds. The van der Waals surface area contributed by atoms with E-state index in [9.17, 15) is 9.18 Å². The monoisotopic (exact) mass is 357 g/mol. The van der Waals surface area contributed by atoms with E-state index in [4.69, 9.17) is 4.74 Å². The fourth-order valence-electron chi connectivity index (χ4n) is 2.41. The molecule has 128 valence electrons. The van der Waals surface area contributed by atoms with Crippen molar-refractivity contribution in [3.05, 3.63) is 46.9 Å². The average molecular weight is 357 g/mol. The molecular formula is C18H16FN3O2S. The minimum absolute atomic E-state index is 0.319. The quantitative estimate of drug-likeness (QED) is 0.364. The maximum absolute atomic E-state index is 13.0. The van der Waals surface area contributed by atoms with E-state index in [0.29, 0.717) is 54.1 Å². The van der Waals surface area contributed by atoms with Gasteiger partial charge in [-0.05, 0) is 36.4 Å². The van der Waals surface area contributed by atoms with Crippen LogP contribution in [0.4, 0.5) is 10.2 Å². The number of hydrogen-bond donors (Lipinski definition) is 0. The smallest absolute Gasteiger partial charge is 0.190 e. The Morgan fingerprint density at radius 2 is 1.92 bits per heavy atom. The average Bonchev–Trinajstić information content (AvgIpc) is 2.67. The molecule has 0 saturated carbocycles. The Labute approximate surface area is 149 Å². The van der Waals surface area contributed by atoms with Crippen LogP contribution < -0.4 is 4.90 Å². The predicted octanol–water partition coefficient (Wildman–Crippen LogP) is 2.39. The topological polar surface area (TPSA) is 55.3 Å². The third-order valence-corrected chi connectivity index (χ3v) is 4.23. The largest absolute Gasteiger partial charge is 0.378 e. The van der Waals surface area contributed by atoms with Crippen molar-refractivity contribution in [1.82, 2.24) is 9.97 Å². The van der Waals surface area contributed by atoms with Crippen LogP contribution in [-0.4, -0.2) is 48.8 Å². The maximum Gasteiger partial charge on any atom is 0.190 e. The van der Waals surface area contributed by atoms with Crippen molar-refractivity contribution in [2.45, 2.75) is 5.16 Å². The van der Waals surface area contributed by atoms with Crippen molar-refractivity contribution >= 4 is 23.9 Å². The van der Waals surface area contributed by atoms with Crippen molar-refractivity contribution in [2.75, 3.05) is 37.5 Å². The van der Waals surface area contributed by atoms with Gasteiger partial charge in [0.25, 0.3) is 0 Å². The number of hydrogen-bond acceptors (Lipinski definition) is 6. The maximum atomic E-state index is 13.0. The molecule has 3 rings (SSSR count). The molecule has 1 aromatic heterocycles. The fraction of sp³-hybridized carbons (Fsp3) is 0.278. The Morgan fingerprint density at radius 3 is 2.56 bits per heavy atom. The number of benzene rings is 1. The molecule has 1 fully saturated rings. The number of carbonyl (C=O) groups excluding carboxylic acids is 1. The number of halogens is 1. The number of nitrogens with zero attached hydrogens (tertiary/aromatic N) is 3. The van der Waals surface area contributed by atoms with E-state index in [1.54, 1.807) is 12.1 Å². The molecule has 2 aromatic rings. The lowest BCUT2D eigenvalue weighted by Crippen LogP contribution is -2.37. The third kappa shape index (κ3) is 4.16. The van der Waals surface area contributed by atoms with Gasteiger partial charge in [0.2, 0.25) is 0 Å². The zero-order valence-electron chi connectivity index (χ0n) is 13.7. The van der Waals surface area contributed by atoms with Crippen molar-refractivity contribution in [3.63, 3.8) is 0 Å². The van der Waals surface area contributed by atoms with E-state index in [1.807, 2.05) is 11.2 Å². The van der Waals surface area contributed by atoms with Crippen LogP contribution in [0.1, 0.15) is 21.6 Å². The Hall–Kier alpha value is -2.43. The number of ether oxygens (including phenoxy) is 1. The van der Waals surface area contributed by atoms with E-state index in [-0.39, 0.29) is 5.82 Å². The molecule has 1 saturated heterocycles. The first kappa shape index (κ1) is 17.4. The summed E-state index contributed by atoms with van der Waals surface area (Å²) in [5.74, 6) is 6.12. The van der Waals surface area contributed by atoms with Crippen LogP contribution in [0.5, 0.6) is 0 Å². The molecule has 7 heteroatoms. The van der Waals surface area contributed by atoms with Crippen LogP contribution in [0.15, 0.2) is 29.4 Å². The van der Waals surface area contributed by atoms with Crippen molar-refractivity contribution in [2.24, 2.45) is 0 Å². The molecule has 0 bridgehead atoms. The number of aldehydes is 1. The summed E-state index contributed by atoms with van der Waals surface area (Å²) in [5.41, 5.74) is 1.39. The number of anilines is 1. The molecule has 1 aliphatic rings. The van der Waals surface area contributed by atoms with Crippen molar-refractivity contribution < 1.29 is 13.9 Å². The minimum Gasteiger partial charge on any atom is -0.378 e. The fourth-order valence-corrected chi connectivity index (χ4v) is 2.77. The van der Waals surface area contributed by atoms with Gasteiger partial charge < -0.3 is 9.64 Å². The Kier molecular flexibility index (Phi) is 5.64. The number of thioether (sulfide) groups is 1. The number of carbonyl (C=O) groups is 1. The van der Waals surface area contributed by atoms with E-state index in [2.05, 4.69) is 21.8 Å². The van der Waals surface area contributed by atoms with Gasteiger partial charge in [-0.2, -0.15) is 0 Å². The second-order valence-corrected chi connectivity index (χ2v) is 6.04. The normalized spacial score (nSPS) is 13.9. The summed E-state index contributed by atoms with van der Waals surface area (Å²) in [6, 6.07) is 5.86. The van der Waals surface area contributed by atoms with Gasteiger partial charge in [0.15, 0.2) is 11.4 Å². The van der Waals surface area contributed by atoms with Crippen molar-refractivity contribution in [1.29, 1.82) is 0 Å². The number of morpholine rings is 1. The molecule has 5 nitrogen and oxygen atoms in total. The lowest BCUT2D eigenvalue weighted by molar-refractivity contribution is 0.111. The van der Waals surface area contributed by atoms with Gasteiger partial charge in [0, 0.05) is 18.7 Å². The first-order chi connectivity index (χ1) is 12.2. The molecule has 0 N–H and O–H groups in total.